The van der Waals surface area contributed by atoms with Crippen molar-refractivity contribution in [3.63, 3.8) is 0 Å². The number of piperidine rings is 1. The molecule has 88 heavy (non-hydrogen) atoms. The number of halogens is 2. The van der Waals surface area contributed by atoms with Gasteiger partial charge in [0.15, 0.2) is 0 Å². The minimum atomic E-state index is -3.18. The summed E-state index contributed by atoms with van der Waals surface area (Å²) in [4.78, 5) is 115. The van der Waals surface area contributed by atoms with Crippen LogP contribution < -0.4 is 26.1 Å². The highest BCUT2D eigenvalue weighted by Gasteiger charge is 2.47. The number of likely N-dealkylation sites (tertiary alicyclic amines) is 2. The lowest BCUT2D eigenvalue weighted by Gasteiger charge is -2.33. The lowest BCUT2D eigenvalue weighted by molar-refractivity contribution is -0.140. The molecule has 1 unspecified atom stereocenters. The minimum absolute atomic E-state index is 0.00267. The summed E-state index contributed by atoms with van der Waals surface area (Å²) in [5.41, 5.74) is 6.12. The van der Waals surface area contributed by atoms with Crippen molar-refractivity contribution in [1.29, 1.82) is 5.26 Å². The van der Waals surface area contributed by atoms with Gasteiger partial charge in [0.2, 0.25) is 23.6 Å². The number of nitrogens with one attached hydrogen (secondary N) is 4. The maximum absolute atomic E-state index is 13.9. The van der Waals surface area contributed by atoms with E-state index < -0.39 is 67.4 Å². The van der Waals surface area contributed by atoms with Gasteiger partial charge in [-0.2, -0.15) is 10.4 Å². The second-order valence-electron chi connectivity index (χ2n) is 22.8. The third-order valence-corrected chi connectivity index (χ3v) is 15.8. The minimum Gasteiger partial charge on any atom is -0.494 e. The molecule has 2 aromatic carbocycles. The van der Waals surface area contributed by atoms with Crippen LogP contribution in [0.25, 0.3) is 10.9 Å². The van der Waals surface area contributed by atoms with Gasteiger partial charge in [-0.15, -0.1) is 0 Å². The Morgan fingerprint density at radius 2 is 1.39 bits per heavy atom. The molecule has 5 amide bonds. The van der Waals surface area contributed by atoms with E-state index in [1.807, 2.05) is 16.7 Å². The van der Waals surface area contributed by atoms with Crippen LogP contribution in [0.2, 0.25) is 0 Å². The van der Waals surface area contributed by atoms with E-state index in [1.54, 1.807) is 45.2 Å². The number of unbranched alkanes of at least 4 members (excludes halogenated alkanes) is 1. The largest absolute Gasteiger partial charge is 0.494 e. The summed E-state index contributed by atoms with van der Waals surface area (Å²) in [5, 5.41) is 51.5. The van der Waals surface area contributed by atoms with Gasteiger partial charge in [0.25, 0.3) is 11.8 Å². The molecule has 0 aliphatic carbocycles. The molecule has 3 saturated heterocycles. The highest BCUT2D eigenvalue weighted by molar-refractivity contribution is 6.07. The molecule has 3 aliphatic heterocycles. The SMILES string of the molecule is Cc1ccc(CCCC(=O)NCCCCC(N/N=C\CCC(=O)N2CCC(CCCOc3ccc4nccc(C(=O)NCC(=O)N5CC(F)(F)C[C@@H]5C#N)c4c3)CC2)NC(=O)CN2CCN(CC(=O)O)CCN(CC(=O)O)CCN(CC(=O)O)CC2)cc1. The number of carbonyl (C=O) groups excluding carboxylic acids is 5. The zero-order valence-electron chi connectivity index (χ0n) is 50.2. The molecule has 3 fully saturated rings. The van der Waals surface area contributed by atoms with E-state index in [2.05, 4.69) is 55.7 Å². The normalized spacial score (nSPS) is 18.0. The van der Waals surface area contributed by atoms with Gasteiger partial charge in [-0.05, 0) is 107 Å². The first kappa shape index (κ1) is 69.2. The monoisotopic (exact) mass is 1230 g/mol. The van der Waals surface area contributed by atoms with E-state index in [0.717, 1.165) is 43.4 Å². The van der Waals surface area contributed by atoms with E-state index in [4.69, 9.17) is 4.74 Å². The number of aryl methyl sites for hydroxylation is 2. The number of rotatable bonds is 31. The molecule has 0 radical (unpaired) electrons. The first-order valence-electron chi connectivity index (χ1n) is 30.3. The van der Waals surface area contributed by atoms with Crippen LogP contribution in [0.15, 0.2) is 59.8 Å². The molecule has 6 rings (SSSR count). The number of hydrogen-bond donors (Lipinski definition) is 7. The molecule has 0 spiro atoms. The number of pyridine rings is 1. The van der Waals surface area contributed by atoms with Crippen molar-refractivity contribution < 1.29 is 67.2 Å². The van der Waals surface area contributed by atoms with Gasteiger partial charge in [-0.1, -0.05) is 29.8 Å². The number of benzene rings is 2. The average molecular weight is 1230 g/mol. The van der Waals surface area contributed by atoms with Crippen molar-refractivity contribution in [2.24, 2.45) is 11.0 Å². The van der Waals surface area contributed by atoms with Crippen LogP contribution in [-0.2, 0) is 40.0 Å². The Morgan fingerprint density at radius 3 is 2.00 bits per heavy atom. The number of nitrogens with zero attached hydrogens (tertiary/aromatic N) is 9. The summed E-state index contributed by atoms with van der Waals surface area (Å²) in [6, 6.07) is 15.3. The fraction of sp³-hybridized carbons (Fsp3) is 0.590. The second-order valence-corrected chi connectivity index (χ2v) is 22.8. The number of hydrogen-bond acceptors (Lipinski definition) is 17. The Kier molecular flexibility index (Phi) is 28.1. The lowest BCUT2D eigenvalue weighted by atomic mass is 9.92. The number of alkyl halides is 2. The predicted molar refractivity (Wildman–Crippen MR) is 321 cm³/mol. The number of carbonyl (C=O) groups is 8. The fourth-order valence-electron chi connectivity index (χ4n) is 10.9. The molecular weight excluding hydrogens is 1140 g/mol. The predicted octanol–water partition coefficient (Wildman–Crippen LogP) is 3.01. The van der Waals surface area contributed by atoms with Gasteiger partial charge < -0.3 is 45.8 Å². The number of carboxylic acids is 3. The Labute approximate surface area is 511 Å². The highest BCUT2D eigenvalue weighted by Crippen LogP contribution is 2.32. The number of hydrazone groups is 1. The van der Waals surface area contributed by atoms with E-state index in [-0.39, 0.29) is 108 Å². The quantitative estimate of drug-likeness (QED) is 0.0211. The average Bonchev–Trinajstić information content (AvgIpc) is 3.97. The van der Waals surface area contributed by atoms with E-state index >= 15 is 0 Å². The molecule has 480 valence electrons. The summed E-state index contributed by atoms with van der Waals surface area (Å²) < 4.78 is 33.9. The standard InChI is InChI=1S/C61H85F2N13O12/c1-44-12-14-45(15-13-44)7-4-10-53(77)66-21-3-2-9-52(69-54(78)39-71-26-28-72(40-57(81)82)30-32-74(42-59(85)86)33-31-73(29-27-71)41-58(83)84)70-68-22-5-11-55(79)75-24-19-46(20-25-75)8-6-34-88-48-16-17-51-50(35-48)49(18-23-65-51)60(87)67-38-56(80)76-43-61(62,63)36-47(76)37-64/h12-18,22-23,35,46-47,52,70H,2-11,19-21,24-34,36,38-43H2,1H3,(H,66,77)(H,67,87)(H,69,78)(H,81,82)(H,83,84)(H,85,86)/b68-22-/t47-,52?/m1/s1. The topological polar surface area (TPSA) is 323 Å². The van der Waals surface area contributed by atoms with Crippen molar-refractivity contribution in [3.05, 3.63) is 71.4 Å². The van der Waals surface area contributed by atoms with Crippen LogP contribution in [0, 0.1) is 24.2 Å². The number of amides is 5. The number of aliphatic carboxylic acids is 3. The smallest absolute Gasteiger partial charge is 0.317 e. The Hall–Kier alpha value is -7.93. The molecule has 7 N–H and O–H groups in total. The van der Waals surface area contributed by atoms with Crippen molar-refractivity contribution in [3.8, 4) is 11.8 Å². The van der Waals surface area contributed by atoms with Gasteiger partial charge in [-0.25, -0.2) is 8.78 Å². The molecule has 2 atom stereocenters. The van der Waals surface area contributed by atoms with Gasteiger partial charge in [0, 0.05) is 109 Å². The van der Waals surface area contributed by atoms with Crippen LogP contribution in [0.5, 0.6) is 5.75 Å². The van der Waals surface area contributed by atoms with Crippen LogP contribution in [0.4, 0.5) is 8.78 Å². The van der Waals surface area contributed by atoms with Gasteiger partial charge in [0.05, 0.1) is 63.0 Å². The first-order chi connectivity index (χ1) is 42.2. The van der Waals surface area contributed by atoms with E-state index in [1.165, 1.54) is 23.4 Å². The van der Waals surface area contributed by atoms with Gasteiger partial charge >= 0.3 is 17.9 Å². The van der Waals surface area contributed by atoms with Crippen molar-refractivity contribution in [2.45, 2.75) is 109 Å². The third kappa shape index (κ3) is 24.7. The molecule has 0 bridgehead atoms. The maximum atomic E-state index is 13.9. The molecule has 0 saturated carbocycles. The Morgan fingerprint density at radius 1 is 0.761 bits per heavy atom. The van der Waals surface area contributed by atoms with E-state index in [0.29, 0.717) is 80.9 Å². The van der Waals surface area contributed by atoms with Gasteiger partial charge in [-0.3, -0.25) is 68.4 Å². The lowest BCUT2D eigenvalue weighted by Crippen LogP contribution is -2.51. The summed E-state index contributed by atoms with van der Waals surface area (Å²) in [6.07, 6.45) is 9.07. The second kappa shape index (κ2) is 35.8. The molecular formula is C61H85F2N13O12. The Balaban J connectivity index is 0.950. The number of ether oxygens (including phenoxy) is 1. The summed E-state index contributed by atoms with van der Waals surface area (Å²) in [6.45, 7) is 3.65. The van der Waals surface area contributed by atoms with Crippen molar-refractivity contribution in [2.75, 3.05) is 118 Å². The fourth-order valence-corrected chi connectivity index (χ4v) is 10.9. The molecule has 3 aliphatic rings. The Bertz CT molecular complexity index is 2860. The molecule has 3 aromatic rings. The van der Waals surface area contributed by atoms with E-state index in [9.17, 15) is 67.7 Å². The molecule has 27 heteroatoms. The van der Waals surface area contributed by atoms with Crippen molar-refractivity contribution in [1.82, 2.24) is 55.8 Å². The van der Waals surface area contributed by atoms with Crippen molar-refractivity contribution >= 4 is 64.6 Å². The molecule has 1 aromatic heterocycles. The van der Waals surface area contributed by atoms with Crippen LogP contribution in [0.3, 0.4) is 0 Å². The maximum Gasteiger partial charge on any atom is 0.317 e. The number of nitriles is 1. The number of aromatic nitrogens is 1. The van der Waals surface area contributed by atoms with Crippen LogP contribution >= 0.6 is 0 Å². The molecule has 4 heterocycles. The van der Waals surface area contributed by atoms with Gasteiger partial charge in [0.1, 0.15) is 18.0 Å². The number of fused-ring (bicyclic) bond motifs is 1. The van der Waals surface area contributed by atoms with Crippen LogP contribution in [-0.4, -0.2) is 239 Å². The third-order valence-electron chi connectivity index (χ3n) is 15.8. The summed E-state index contributed by atoms with van der Waals surface area (Å²) in [5.74, 6) is -7.25. The summed E-state index contributed by atoms with van der Waals surface area (Å²) >= 11 is 0. The number of carboxylic acid groups (broad SMARTS) is 3. The zero-order chi connectivity index (χ0) is 63.4. The molecule has 25 nitrogen and oxygen atoms in total. The zero-order valence-corrected chi connectivity index (χ0v) is 50.2. The van der Waals surface area contributed by atoms with Crippen LogP contribution in [0.1, 0.15) is 98.5 Å². The highest BCUT2D eigenvalue weighted by atomic mass is 19.3. The first-order valence-corrected chi connectivity index (χ1v) is 30.3. The summed E-state index contributed by atoms with van der Waals surface area (Å²) in [7, 11) is 0.